The molecule has 0 aliphatic rings. The quantitative estimate of drug-likeness (QED) is 0.836. The molecule has 0 radical (unpaired) electrons. The van der Waals surface area contributed by atoms with Gasteiger partial charge in [0.1, 0.15) is 6.33 Å². The second-order valence-corrected chi connectivity index (χ2v) is 6.27. The Morgan fingerprint density at radius 3 is 2.06 bits per heavy atom. The molecule has 1 aromatic heterocycles. The van der Waals surface area contributed by atoms with E-state index < -0.39 is 10.0 Å². The number of hydrogen-bond donors (Lipinski definition) is 0. The minimum Gasteiger partial charge on any atom is -0.244 e. The summed E-state index contributed by atoms with van der Waals surface area (Å²) >= 11 is 0. The average Bonchev–Trinajstić information content (AvgIpc) is 2.80. The van der Waals surface area contributed by atoms with Crippen LogP contribution in [0.4, 0.5) is 0 Å². The second-order valence-electron chi connectivity index (χ2n) is 4.49. The van der Waals surface area contributed by atoms with Gasteiger partial charge in [-0.2, -0.15) is 0 Å². The third-order valence-electron chi connectivity index (χ3n) is 3.31. The molecule has 0 aliphatic carbocycles. The molecule has 1 heterocycles. The zero-order valence-corrected chi connectivity index (χ0v) is 11.7. The number of rotatable bonds is 2. The van der Waals surface area contributed by atoms with Crippen LogP contribution in [0.5, 0.6) is 0 Å². The molecule has 0 spiro atoms. The maximum Gasteiger partial charge on any atom is 0.269 e. The number of aryl methyl sites for hydroxylation is 2. The lowest BCUT2D eigenvalue weighted by Crippen LogP contribution is -2.15. The maximum atomic E-state index is 12.6. The molecule has 0 aliphatic heterocycles. The van der Waals surface area contributed by atoms with Gasteiger partial charge in [-0.3, -0.25) is 0 Å². The highest BCUT2D eigenvalue weighted by Gasteiger charge is 2.23. The fraction of sp³-hybridized carbons (Fsp3) is 0.308. The summed E-state index contributed by atoms with van der Waals surface area (Å²) in [5.74, 6) is 0. The summed E-state index contributed by atoms with van der Waals surface area (Å²) in [5, 5.41) is 0. The van der Waals surface area contributed by atoms with E-state index >= 15 is 0 Å². The molecule has 0 saturated heterocycles. The van der Waals surface area contributed by atoms with Crippen molar-refractivity contribution >= 4 is 10.0 Å². The van der Waals surface area contributed by atoms with Gasteiger partial charge in [-0.1, -0.05) is 6.07 Å². The monoisotopic (exact) mass is 264 g/mol. The summed E-state index contributed by atoms with van der Waals surface area (Å²) in [6, 6.07) is 2.01. The van der Waals surface area contributed by atoms with Crippen molar-refractivity contribution in [3.8, 4) is 0 Å². The molecule has 2 aromatic rings. The number of benzene rings is 1. The number of hydrogen-bond acceptors (Lipinski definition) is 3. The van der Waals surface area contributed by atoms with Crippen LogP contribution in [0.15, 0.2) is 29.7 Å². The zero-order valence-electron chi connectivity index (χ0n) is 10.9. The first-order chi connectivity index (χ1) is 8.35. The van der Waals surface area contributed by atoms with Gasteiger partial charge in [0.2, 0.25) is 0 Å². The van der Waals surface area contributed by atoms with E-state index in [0.717, 1.165) is 26.2 Å². The third kappa shape index (κ3) is 1.84. The Morgan fingerprint density at radius 1 is 1.06 bits per heavy atom. The lowest BCUT2D eigenvalue weighted by Gasteiger charge is -2.15. The molecule has 2 rings (SSSR count). The van der Waals surface area contributed by atoms with Crippen LogP contribution in [0.1, 0.15) is 22.3 Å². The van der Waals surface area contributed by atoms with Gasteiger partial charge in [0.15, 0.2) is 0 Å². The SMILES string of the molecule is Cc1cc(C)c(C)c(S(=O)(=O)n2ccnc2)c1C. The van der Waals surface area contributed by atoms with Crippen molar-refractivity contribution in [1.82, 2.24) is 8.96 Å². The molecule has 0 fully saturated rings. The zero-order chi connectivity index (χ0) is 13.5. The molecule has 4 nitrogen and oxygen atoms in total. The molecule has 18 heavy (non-hydrogen) atoms. The van der Waals surface area contributed by atoms with Crippen LogP contribution in [0.25, 0.3) is 0 Å². The molecule has 0 unspecified atom stereocenters. The number of aromatic nitrogens is 2. The molecule has 1 aromatic carbocycles. The number of imidazole rings is 1. The van der Waals surface area contributed by atoms with Crippen molar-refractivity contribution in [3.63, 3.8) is 0 Å². The Hall–Kier alpha value is -1.62. The topological polar surface area (TPSA) is 52.0 Å². The van der Waals surface area contributed by atoms with Gasteiger partial charge in [0.25, 0.3) is 10.0 Å². The van der Waals surface area contributed by atoms with E-state index in [1.54, 1.807) is 0 Å². The van der Waals surface area contributed by atoms with E-state index in [1.165, 1.54) is 18.7 Å². The predicted octanol–water partition coefficient (Wildman–Crippen LogP) is 2.35. The van der Waals surface area contributed by atoms with E-state index in [0.29, 0.717) is 4.90 Å². The standard InChI is InChI=1S/C13H16N2O2S/c1-9-7-10(2)12(4)13(11(9)3)18(16,17)15-6-5-14-8-15/h5-8H,1-4H3. The highest BCUT2D eigenvalue weighted by Crippen LogP contribution is 2.27. The maximum absolute atomic E-state index is 12.6. The first-order valence-corrected chi connectivity index (χ1v) is 7.10. The van der Waals surface area contributed by atoms with Crippen LogP contribution in [0.2, 0.25) is 0 Å². The molecule has 0 saturated carbocycles. The highest BCUT2D eigenvalue weighted by molar-refractivity contribution is 7.90. The van der Waals surface area contributed by atoms with Crippen LogP contribution in [-0.4, -0.2) is 17.4 Å². The molecule has 0 bridgehead atoms. The van der Waals surface area contributed by atoms with Crippen molar-refractivity contribution < 1.29 is 8.42 Å². The van der Waals surface area contributed by atoms with Gasteiger partial charge in [-0.25, -0.2) is 17.4 Å². The first kappa shape index (κ1) is 12.8. The molecule has 0 N–H and O–H groups in total. The molecular weight excluding hydrogens is 248 g/mol. The van der Waals surface area contributed by atoms with E-state index in [9.17, 15) is 8.42 Å². The molecule has 0 atom stereocenters. The van der Waals surface area contributed by atoms with Crippen LogP contribution >= 0.6 is 0 Å². The Labute approximate surface area is 107 Å². The largest absolute Gasteiger partial charge is 0.269 e. The molecule has 5 heteroatoms. The Morgan fingerprint density at radius 2 is 1.61 bits per heavy atom. The Kier molecular flexibility index (Phi) is 3.02. The summed E-state index contributed by atoms with van der Waals surface area (Å²) < 4.78 is 26.3. The van der Waals surface area contributed by atoms with Gasteiger partial charge in [-0.15, -0.1) is 0 Å². The van der Waals surface area contributed by atoms with E-state index in [1.807, 2.05) is 33.8 Å². The van der Waals surface area contributed by atoms with Crippen LogP contribution < -0.4 is 0 Å². The normalized spacial score (nSPS) is 11.8. The fourth-order valence-corrected chi connectivity index (χ4v) is 3.76. The Balaban J connectivity index is 2.81. The van der Waals surface area contributed by atoms with E-state index in [-0.39, 0.29) is 0 Å². The summed E-state index contributed by atoms with van der Waals surface area (Å²) in [7, 11) is -3.55. The van der Waals surface area contributed by atoms with Crippen LogP contribution in [0, 0.1) is 27.7 Å². The summed E-state index contributed by atoms with van der Waals surface area (Å²) in [6.45, 7) is 7.53. The van der Waals surface area contributed by atoms with Gasteiger partial charge >= 0.3 is 0 Å². The van der Waals surface area contributed by atoms with Crippen LogP contribution in [-0.2, 0) is 10.0 Å². The minimum atomic E-state index is -3.55. The third-order valence-corrected chi connectivity index (χ3v) is 5.21. The predicted molar refractivity (Wildman–Crippen MR) is 70.2 cm³/mol. The lowest BCUT2D eigenvalue weighted by molar-refractivity contribution is 0.585. The van der Waals surface area contributed by atoms with E-state index in [4.69, 9.17) is 0 Å². The van der Waals surface area contributed by atoms with Crippen LogP contribution in [0.3, 0.4) is 0 Å². The van der Waals surface area contributed by atoms with Gasteiger partial charge in [0.05, 0.1) is 4.90 Å². The average molecular weight is 264 g/mol. The minimum absolute atomic E-state index is 0.387. The van der Waals surface area contributed by atoms with Crippen molar-refractivity contribution in [2.24, 2.45) is 0 Å². The van der Waals surface area contributed by atoms with Crippen molar-refractivity contribution in [3.05, 3.63) is 47.0 Å². The highest BCUT2D eigenvalue weighted by atomic mass is 32.2. The summed E-state index contributed by atoms with van der Waals surface area (Å²) in [4.78, 5) is 4.19. The van der Waals surface area contributed by atoms with Crippen molar-refractivity contribution in [1.29, 1.82) is 0 Å². The molecule has 0 amide bonds. The molecule has 96 valence electrons. The van der Waals surface area contributed by atoms with Crippen molar-refractivity contribution in [2.45, 2.75) is 32.6 Å². The Bertz CT molecular complexity index is 660. The first-order valence-electron chi connectivity index (χ1n) is 5.66. The molecular formula is C13H16N2O2S. The smallest absolute Gasteiger partial charge is 0.244 e. The van der Waals surface area contributed by atoms with E-state index in [2.05, 4.69) is 4.98 Å². The number of nitrogens with zero attached hydrogens (tertiary/aromatic N) is 2. The summed E-state index contributed by atoms with van der Waals surface area (Å²) in [6.07, 6.45) is 4.22. The van der Waals surface area contributed by atoms with Gasteiger partial charge in [0, 0.05) is 12.4 Å². The van der Waals surface area contributed by atoms with Gasteiger partial charge < -0.3 is 0 Å². The fourth-order valence-electron chi connectivity index (χ4n) is 2.06. The second kappa shape index (κ2) is 4.24. The van der Waals surface area contributed by atoms with Crippen molar-refractivity contribution in [2.75, 3.05) is 0 Å². The lowest BCUT2D eigenvalue weighted by atomic mass is 10.0. The van der Waals surface area contributed by atoms with Gasteiger partial charge in [-0.05, 0) is 49.9 Å². The summed E-state index contributed by atoms with van der Waals surface area (Å²) in [5.41, 5.74) is 3.56.